The molecule has 1 saturated heterocycles. The second-order valence-corrected chi connectivity index (χ2v) is 7.13. The molecular weight excluding hydrogens is 414 g/mol. The van der Waals surface area contributed by atoms with Gasteiger partial charge in [0.1, 0.15) is 12.3 Å². The summed E-state index contributed by atoms with van der Waals surface area (Å²) in [5.41, 5.74) is 1.25. The van der Waals surface area contributed by atoms with E-state index in [1.807, 2.05) is 30.3 Å². The Balaban J connectivity index is 1.27. The predicted molar refractivity (Wildman–Crippen MR) is 100 cm³/mol. The monoisotopic (exact) mass is 429 g/mol. The quantitative estimate of drug-likeness (QED) is 0.686. The maximum Gasteiger partial charge on any atom is 0.407 e. The molecule has 2 aromatic heterocycles. The first-order valence-electron chi connectivity index (χ1n) is 8.35. The summed E-state index contributed by atoms with van der Waals surface area (Å²) in [6.45, 7) is 1.06. The van der Waals surface area contributed by atoms with E-state index >= 15 is 0 Å². The topological polar surface area (TPSA) is 88.8 Å². The Morgan fingerprint density at radius 2 is 2.00 bits per heavy atom. The Kier molecular flexibility index (Phi) is 4.76. The third-order valence-electron chi connectivity index (χ3n) is 4.20. The minimum absolute atomic E-state index is 0.124. The first-order chi connectivity index (χ1) is 13.1. The summed E-state index contributed by atoms with van der Waals surface area (Å²) in [5.74, 6) is 0.272. The number of alkyl carbamates (subject to hydrolysis) is 1. The van der Waals surface area contributed by atoms with E-state index in [0.717, 1.165) is 10.0 Å². The van der Waals surface area contributed by atoms with E-state index in [1.165, 1.54) is 0 Å². The lowest BCUT2D eigenvalue weighted by Gasteiger charge is -2.38. The van der Waals surface area contributed by atoms with Crippen LogP contribution in [0.4, 0.5) is 4.79 Å². The SMILES string of the molecule is O=C(NC1CN(C(=O)c2cn3cc(Br)cnc3n2)C1)OCc1ccccc1. The molecule has 9 heteroatoms. The van der Waals surface area contributed by atoms with Crippen LogP contribution < -0.4 is 5.32 Å². The van der Waals surface area contributed by atoms with E-state index in [1.54, 1.807) is 27.9 Å². The van der Waals surface area contributed by atoms with Gasteiger partial charge in [-0.25, -0.2) is 14.8 Å². The number of benzene rings is 1. The molecule has 1 aliphatic heterocycles. The number of hydrogen-bond donors (Lipinski definition) is 1. The summed E-state index contributed by atoms with van der Waals surface area (Å²) in [6.07, 6.45) is 4.57. The summed E-state index contributed by atoms with van der Waals surface area (Å²) >= 11 is 3.33. The molecule has 3 aromatic rings. The fraction of sp³-hybridized carbons (Fsp3) is 0.222. The number of aromatic nitrogens is 3. The number of halogens is 1. The number of nitrogens with zero attached hydrogens (tertiary/aromatic N) is 4. The second kappa shape index (κ2) is 7.36. The molecule has 138 valence electrons. The number of imidazole rings is 1. The molecule has 8 nitrogen and oxygen atoms in total. The highest BCUT2D eigenvalue weighted by atomic mass is 79.9. The summed E-state index contributed by atoms with van der Waals surface area (Å²) in [7, 11) is 0. The van der Waals surface area contributed by atoms with Crippen LogP contribution in [-0.4, -0.2) is 50.4 Å². The van der Waals surface area contributed by atoms with Gasteiger partial charge in [-0.2, -0.15) is 0 Å². The smallest absolute Gasteiger partial charge is 0.407 e. The minimum atomic E-state index is -0.488. The standard InChI is InChI=1S/C18H16BrN5O3/c19-13-6-20-17-22-15(10-24(17)7-13)16(25)23-8-14(9-23)21-18(26)27-11-12-4-2-1-3-5-12/h1-7,10,14H,8-9,11H2,(H,21,26). The Bertz CT molecular complexity index is 985. The van der Waals surface area contributed by atoms with Gasteiger partial charge in [0.05, 0.1) is 10.5 Å². The van der Waals surface area contributed by atoms with Gasteiger partial charge in [0.25, 0.3) is 5.91 Å². The van der Waals surface area contributed by atoms with Crippen molar-refractivity contribution in [2.24, 2.45) is 0 Å². The molecule has 1 N–H and O–H groups in total. The number of rotatable bonds is 4. The van der Waals surface area contributed by atoms with Crippen LogP contribution in [0.1, 0.15) is 16.1 Å². The van der Waals surface area contributed by atoms with Crippen LogP contribution in [0.2, 0.25) is 0 Å². The van der Waals surface area contributed by atoms with Crippen molar-refractivity contribution in [1.29, 1.82) is 0 Å². The number of hydrogen-bond acceptors (Lipinski definition) is 5. The van der Waals surface area contributed by atoms with Crippen molar-refractivity contribution in [3.8, 4) is 0 Å². The molecule has 2 amide bonds. The van der Waals surface area contributed by atoms with Crippen molar-refractivity contribution >= 4 is 33.7 Å². The Morgan fingerprint density at radius 3 is 2.78 bits per heavy atom. The number of fused-ring (bicyclic) bond motifs is 1. The molecule has 0 unspecified atom stereocenters. The van der Waals surface area contributed by atoms with Gasteiger partial charge in [-0.05, 0) is 21.5 Å². The summed E-state index contributed by atoms with van der Waals surface area (Å²) in [6, 6.07) is 9.33. The van der Waals surface area contributed by atoms with Crippen LogP contribution in [0.25, 0.3) is 5.78 Å². The fourth-order valence-electron chi connectivity index (χ4n) is 2.79. The highest BCUT2D eigenvalue weighted by Gasteiger charge is 2.33. The molecule has 27 heavy (non-hydrogen) atoms. The van der Waals surface area contributed by atoms with E-state index in [2.05, 4.69) is 31.2 Å². The molecule has 0 aliphatic carbocycles. The zero-order valence-corrected chi connectivity index (χ0v) is 15.8. The summed E-state index contributed by atoms with van der Waals surface area (Å²) in [4.78, 5) is 34.3. The molecule has 1 fully saturated rings. The van der Waals surface area contributed by atoms with Crippen molar-refractivity contribution in [2.75, 3.05) is 13.1 Å². The lowest BCUT2D eigenvalue weighted by Crippen LogP contribution is -2.61. The Hall–Kier alpha value is -2.94. The predicted octanol–water partition coefficient (Wildman–Crippen LogP) is 2.24. The van der Waals surface area contributed by atoms with E-state index < -0.39 is 6.09 Å². The van der Waals surface area contributed by atoms with Crippen molar-refractivity contribution < 1.29 is 14.3 Å². The fourth-order valence-corrected chi connectivity index (χ4v) is 3.12. The van der Waals surface area contributed by atoms with Crippen molar-refractivity contribution in [3.63, 3.8) is 0 Å². The van der Waals surface area contributed by atoms with Gasteiger partial charge < -0.3 is 15.0 Å². The van der Waals surface area contributed by atoms with E-state index in [9.17, 15) is 9.59 Å². The highest BCUT2D eigenvalue weighted by molar-refractivity contribution is 9.10. The average Bonchev–Trinajstić information content (AvgIpc) is 3.06. The number of carbonyl (C=O) groups excluding carboxylic acids is 2. The van der Waals surface area contributed by atoms with Crippen molar-refractivity contribution in [3.05, 3.63) is 64.7 Å². The van der Waals surface area contributed by atoms with Gasteiger partial charge in [-0.3, -0.25) is 9.20 Å². The van der Waals surface area contributed by atoms with Crippen LogP contribution in [0.5, 0.6) is 0 Å². The Morgan fingerprint density at radius 1 is 1.22 bits per heavy atom. The third kappa shape index (κ3) is 3.92. The van der Waals surface area contributed by atoms with Gasteiger partial charge in [-0.1, -0.05) is 30.3 Å². The first kappa shape index (κ1) is 17.5. The van der Waals surface area contributed by atoms with Crippen molar-refractivity contribution in [2.45, 2.75) is 12.6 Å². The maximum atomic E-state index is 12.5. The molecule has 0 saturated carbocycles. The van der Waals surface area contributed by atoms with Gasteiger partial charge in [0.15, 0.2) is 0 Å². The average molecular weight is 430 g/mol. The molecule has 0 spiro atoms. The second-order valence-electron chi connectivity index (χ2n) is 6.22. The summed E-state index contributed by atoms with van der Waals surface area (Å²) in [5, 5.41) is 2.76. The van der Waals surface area contributed by atoms with E-state index in [0.29, 0.717) is 24.6 Å². The number of likely N-dealkylation sites (tertiary alicyclic amines) is 1. The molecule has 1 aliphatic rings. The van der Waals surface area contributed by atoms with Crippen LogP contribution in [0.15, 0.2) is 53.4 Å². The first-order valence-corrected chi connectivity index (χ1v) is 9.14. The zero-order chi connectivity index (χ0) is 18.8. The number of amides is 2. The molecule has 1 aromatic carbocycles. The number of nitrogens with one attached hydrogen (secondary N) is 1. The van der Waals surface area contributed by atoms with Crippen molar-refractivity contribution in [1.82, 2.24) is 24.6 Å². The van der Waals surface area contributed by atoms with Crippen LogP contribution >= 0.6 is 15.9 Å². The van der Waals surface area contributed by atoms with Gasteiger partial charge in [-0.15, -0.1) is 0 Å². The lowest BCUT2D eigenvalue weighted by molar-refractivity contribution is 0.0540. The van der Waals surface area contributed by atoms with E-state index in [-0.39, 0.29) is 18.6 Å². The Labute approximate surface area is 163 Å². The molecule has 3 heterocycles. The molecule has 4 rings (SSSR count). The molecule has 0 radical (unpaired) electrons. The van der Waals surface area contributed by atoms with Crippen LogP contribution in [0.3, 0.4) is 0 Å². The lowest BCUT2D eigenvalue weighted by atomic mass is 10.1. The molecular formula is C18H16BrN5O3. The van der Waals surface area contributed by atoms with Gasteiger partial charge in [0, 0.05) is 31.7 Å². The molecule has 0 bridgehead atoms. The van der Waals surface area contributed by atoms with E-state index in [4.69, 9.17) is 4.74 Å². The number of ether oxygens (including phenoxy) is 1. The minimum Gasteiger partial charge on any atom is -0.445 e. The molecule has 0 atom stereocenters. The maximum absolute atomic E-state index is 12.5. The zero-order valence-electron chi connectivity index (χ0n) is 14.2. The van der Waals surface area contributed by atoms with Crippen LogP contribution in [0, 0.1) is 0 Å². The van der Waals surface area contributed by atoms with Gasteiger partial charge >= 0.3 is 6.09 Å². The summed E-state index contributed by atoms with van der Waals surface area (Å²) < 4.78 is 7.67. The van der Waals surface area contributed by atoms with Crippen LogP contribution in [-0.2, 0) is 11.3 Å². The highest BCUT2D eigenvalue weighted by Crippen LogP contribution is 2.15. The largest absolute Gasteiger partial charge is 0.445 e. The normalized spacial score (nSPS) is 14.0. The number of carbonyl (C=O) groups is 2. The van der Waals surface area contributed by atoms with Gasteiger partial charge in [0.2, 0.25) is 5.78 Å². The third-order valence-corrected chi connectivity index (χ3v) is 4.61.